The Balaban J connectivity index is 2.96. The molecule has 10 nitrogen and oxygen atoms in total. The van der Waals surface area contributed by atoms with Gasteiger partial charge in [-0.15, -0.1) is 0 Å². The molecule has 3 atom stereocenters. The van der Waals surface area contributed by atoms with E-state index < -0.39 is 89.9 Å². The minimum Gasteiger partial charge on any atom is -0.457 e. The van der Waals surface area contributed by atoms with Crippen molar-refractivity contribution >= 4 is 23.9 Å². The van der Waals surface area contributed by atoms with Crippen LogP contribution in [0.2, 0.25) is 0 Å². The Bertz CT molecular complexity index is 1030. The predicted molar refractivity (Wildman–Crippen MR) is 121 cm³/mol. The second kappa shape index (κ2) is 12.6. The van der Waals surface area contributed by atoms with E-state index in [0.717, 1.165) is 0 Å². The van der Waals surface area contributed by atoms with Gasteiger partial charge in [0.1, 0.15) is 11.2 Å². The summed E-state index contributed by atoms with van der Waals surface area (Å²) < 4.78 is 134. The number of halogens is 9. The minimum atomic E-state index is -6.53. The van der Waals surface area contributed by atoms with E-state index in [1.807, 2.05) is 0 Å². The van der Waals surface area contributed by atoms with Gasteiger partial charge in [0.05, 0.1) is 0 Å². The summed E-state index contributed by atoms with van der Waals surface area (Å²) >= 11 is 0. The summed E-state index contributed by atoms with van der Waals surface area (Å²) in [6.07, 6.45) is -16.8. The number of esters is 4. The third-order valence-electron chi connectivity index (χ3n) is 7.01. The van der Waals surface area contributed by atoms with Crippen molar-refractivity contribution in [2.45, 2.75) is 101 Å². The zero-order valence-electron chi connectivity index (χ0n) is 23.5. The zero-order valence-corrected chi connectivity index (χ0v) is 23.5. The van der Waals surface area contributed by atoms with Crippen LogP contribution in [0.1, 0.15) is 60.3 Å². The predicted octanol–water partition coefficient (Wildman–Crippen LogP) is 3.69. The van der Waals surface area contributed by atoms with Gasteiger partial charge in [-0.25, -0.2) is 19.2 Å². The second-order valence-electron chi connectivity index (χ2n) is 11.1. The van der Waals surface area contributed by atoms with Gasteiger partial charge in [0.2, 0.25) is 0 Å². The third-order valence-corrected chi connectivity index (χ3v) is 7.01. The first-order chi connectivity index (χ1) is 19.0. The van der Waals surface area contributed by atoms with E-state index in [4.69, 9.17) is 14.6 Å². The summed E-state index contributed by atoms with van der Waals surface area (Å²) in [6, 6.07) is 0. The van der Waals surface area contributed by atoms with Crippen molar-refractivity contribution in [1.82, 2.24) is 0 Å². The van der Waals surface area contributed by atoms with Crippen LogP contribution in [0, 0.1) is 11.8 Å². The van der Waals surface area contributed by atoms with E-state index in [9.17, 15) is 63.8 Å². The molecule has 0 radical (unpaired) electrons. The molecule has 0 heterocycles. The Morgan fingerprint density at radius 1 is 0.605 bits per heavy atom. The first-order valence-electron chi connectivity index (χ1n) is 12.5. The van der Waals surface area contributed by atoms with Gasteiger partial charge in [0.15, 0.2) is 13.2 Å². The van der Waals surface area contributed by atoms with Crippen molar-refractivity contribution < 1.29 is 87.9 Å². The summed E-state index contributed by atoms with van der Waals surface area (Å²) in [5.41, 5.74) is -12.8. The molecule has 19 heteroatoms. The largest absolute Gasteiger partial charge is 0.457 e. The van der Waals surface area contributed by atoms with Crippen LogP contribution in [0.25, 0.3) is 0 Å². The van der Waals surface area contributed by atoms with Crippen LogP contribution >= 0.6 is 0 Å². The van der Waals surface area contributed by atoms with Crippen molar-refractivity contribution in [2.75, 3.05) is 13.2 Å². The fourth-order valence-electron chi connectivity index (χ4n) is 4.59. The van der Waals surface area contributed by atoms with Crippen LogP contribution < -0.4 is 0 Å². The van der Waals surface area contributed by atoms with Crippen LogP contribution in [-0.2, 0) is 38.1 Å². The van der Waals surface area contributed by atoms with Crippen LogP contribution in [-0.4, -0.2) is 88.2 Å². The summed E-state index contributed by atoms with van der Waals surface area (Å²) in [5.74, 6) is -9.63. The number of carbonyl (C=O) groups excluding carboxylic acids is 4. The maximum absolute atomic E-state index is 12.8. The Labute approximate surface area is 238 Å². The normalized spacial score (nSPS) is 20.5. The lowest BCUT2D eigenvalue weighted by Crippen LogP contribution is -2.63. The third kappa shape index (κ3) is 8.63. The van der Waals surface area contributed by atoms with E-state index in [1.165, 1.54) is 27.7 Å². The molecule has 0 spiro atoms. The Morgan fingerprint density at radius 3 is 1.23 bits per heavy atom. The molecular weight excluding hydrogens is 619 g/mol. The van der Waals surface area contributed by atoms with Gasteiger partial charge in [0, 0.05) is 11.8 Å². The standard InChI is InChI=1S/C24H31F9O10/c1-18(2,42-14(34)10-40-16(36)20(5,38)22(25,26)27)12-8-6-7-9-13(12)19(3,4)43-15(35)11-41-17(37)21(39,23(28,29)30)24(31,32)33/h12-13,38-39H,6-11H2,1-5H3. The summed E-state index contributed by atoms with van der Waals surface area (Å²) in [6.45, 7) is 2.48. The van der Waals surface area contributed by atoms with Crippen LogP contribution in [0.15, 0.2) is 0 Å². The molecule has 1 fully saturated rings. The molecule has 0 saturated heterocycles. The van der Waals surface area contributed by atoms with Crippen LogP contribution in [0.5, 0.6) is 0 Å². The van der Waals surface area contributed by atoms with Gasteiger partial charge in [-0.2, -0.15) is 39.5 Å². The number of ether oxygens (including phenoxy) is 4. The zero-order chi connectivity index (χ0) is 34.0. The molecule has 0 aromatic heterocycles. The SMILES string of the molecule is CC(C)(OC(=O)COC(=O)C(C)(O)C(F)(F)F)C1CCCCC1C(C)(C)OC(=O)COC(=O)C(O)(C(F)(F)F)C(F)(F)F. The van der Waals surface area contributed by atoms with Gasteiger partial charge in [0.25, 0.3) is 5.60 Å². The van der Waals surface area contributed by atoms with E-state index in [2.05, 4.69) is 9.47 Å². The van der Waals surface area contributed by atoms with Crippen molar-refractivity contribution in [3.05, 3.63) is 0 Å². The lowest BCUT2D eigenvalue weighted by molar-refractivity contribution is -0.356. The van der Waals surface area contributed by atoms with Crippen molar-refractivity contribution in [2.24, 2.45) is 11.8 Å². The molecule has 0 aliphatic heterocycles. The monoisotopic (exact) mass is 650 g/mol. The van der Waals surface area contributed by atoms with Crippen molar-refractivity contribution in [1.29, 1.82) is 0 Å². The fraction of sp³-hybridized carbons (Fsp3) is 0.833. The average Bonchev–Trinajstić information content (AvgIpc) is 2.82. The van der Waals surface area contributed by atoms with E-state index in [-0.39, 0.29) is 13.3 Å². The quantitative estimate of drug-likeness (QED) is 0.204. The Kier molecular flexibility index (Phi) is 11.2. The van der Waals surface area contributed by atoms with Gasteiger partial charge in [-0.3, -0.25) is 0 Å². The van der Waals surface area contributed by atoms with Crippen molar-refractivity contribution in [3.8, 4) is 0 Å². The highest BCUT2D eigenvalue weighted by atomic mass is 19.4. The smallest absolute Gasteiger partial charge is 0.437 e. The molecule has 0 aromatic carbocycles. The number of rotatable bonds is 10. The second-order valence-corrected chi connectivity index (χ2v) is 11.1. The highest BCUT2D eigenvalue weighted by Crippen LogP contribution is 2.46. The van der Waals surface area contributed by atoms with Gasteiger partial charge >= 0.3 is 48.0 Å². The number of hydrogen-bond donors (Lipinski definition) is 2. The molecule has 0 aromatic rings. The molecule has 1 rings (SSSR count). The molecule has 43 heavy (non-hydrogen) atoms. The molecule has 2 N–H and O–H groups in total. The summed E-state index contributed by atoms with van der Waals surface area (Å²) in [7, 11) is 0. The molecule has 1 aliphatic carbocycles. The topological polar surface area (TPSA) is 146 Å². The van der Waals surface area contributed by atoms with E-state index in [0.29, 0.717) is 19.3 Å². The minimum absolute atomic E-state index is 0.119. The Morgan fingerprint density at radius 2 is 0.930 bits per heavy atom. The lowest BCUT2D eigenvalue weighted by Gasteiger charge is -2.47. The van der Waals surface area contributed by atoms with E-state index in [1.54, 1.807) is 0 Å². The van der Waals surface area contributed by atoms with E-state index >= 15 is 0 Å². The highest BCUT2D eigenvalue weighted by molar-refractivity contribution is 5.84. The lowest BCUT2D eigenvalue weighted by atomic mass is 9.65. The van der Waals surface area contributed by atoms with Crippen LogP contribution in [0.4, 0.5) is 39.5 Å². The summed E-state index contributed by atoms with van der Waals surface area (Å²) in [4.78, 5) is 47.8. The molecule has 0 bridgehead atoms. The highest BCUT2D eigenvalue weighted by Gasteiger charge is 2.76. The average molecular weight is 650 g/mol. The van der Waals surface area contributed by atoms with Gasteiger partial charge < -0.3 is 29.2 Å². The molecule has 1 saturated carbocycles. The number of alkyl halides is 9. The molecule has 0 amide bonds. The number of hydrogen-bond acceptors (Lipinski definition) is 10. The van der Waals surface area contributed by atoms with Crippen molar-refractivity contribution in [3.63, 3.8) is 0 Å². The number of carbonyl (C=O) groups is 4. The maximum atomic E-state index is 12.8. The van der Waals surface area contributed by atoms with Gasteiger partial charge in [-0.1, -0.05) is 12.8 Å². The molecule has 1 aliphatic rings. The fourth-order valence-corrected chi connectivity index (χ4v) is 4.59. The Hall–Kier alpha value is -2.83. The maximum Gasteiger partial charge on any atom is 0.437 e. The molecule has 250 valence electrons. The first kappa shape index (κ1) is 38.2. The summed E-state index contributed by atoms with van der Waals surface area (Å²) in [5, 5.41) is 18.3. The molecule has 3 unspecified atom stereocenters. The van der Waals surface area contributed by atoms with Crippen LogP contribution in [0.3, 0.4) is 0 Å². The molecular formula is C24H31F9O10. The number of aliphatic hydroxyl groups is 2. The van der Waals surface area contributed by atoms with Gasteiger partial charge in [-0.05, 0) is 47.5 Å². The first-order valence-corrected chi connectivity index (χ1v) is 12.5.